The van der Waals surface area contributed by atoms with Gasteiger partial charge in [0.15, 0.2) is 0 Å². The van der Waals surface area contributed by atoms with Gasteiger partial charge < -0.3 is 15.0 Å². The van der Waals surface area contributed by atoms with Gasteiger partial charge in [0.05, 0.1) is 18.8 Å². The lowest BCUT2D eigenvalue weighted by molar-refractivity contribution is 0.107. The number of urea groups is 1. The Hall–Kier alpha value is -2.12. The summed E-state index contributed by atoms with van der Waals surface area (Å²) in [4.78, 5) is 14.5. The molecule has 1 aromatic carbocycles. The molecule has 2 aliphatic rings. The Labute approximate surface area is 157 Å². The van der Waals surface area contributed by atoms with E-state index in [1.54, 1.807) is 29.2 Å². The number of nitrogens with one attached hydrogen (secondary N) is 1. The zero-order valence-corrected chi connectivity index (χ0v) is 15.3. The van der Waals surface area contributed by atoms with Crippen molar-refractivity contribution >= 4 is 23.3 Å². The first kappa shape index (κ1) is 17.3. The van der Waals surface area contributed by atoms with E-state index >= 15 is 0 Å². The van der Waals surface area contributed by atoms with Crippen molar-refractivity contribution in [2.24, 2.45) is 5.92 Å². The van der Waals surface area contributed by atoms with Crippen LogP contribution >= 0.6 is 11.6 Å². The van der Waals surface area contributed by atoms with Crippen LogP contribution in [-0.2, 0) is 24.4 Å². The molecule has 1 aromatic heterocycles. The minimum atomic E-state index is -0.133. The van der Waals surface area contributed by atoms with Gasteiger partial charge in [-0.3, -0.25) is 0 Å². The third-order valence-electron chi connectivity index (χ3n) is 4.73. The van der Waals surface area contributed by atoms with Crippen LogP contribution in [0.15, 0.2) is 24.3 Å². The van der Waals surface area contributed by atoms with Gasteiger partial charge in [-0.25, -0.2) is 9.48 Å². The summed E-state index contributed by atoms with van der Waals surface area (Å²) in [7, 11) is 0. The number of aryl methyl sites for hydroxylation is 1. The Morgan fingerprint density at radius 3 is 2.85 bits per heavy atom. The molecule has 0 bridgehead atoms. The van der Waals surface area contributed by atoms with Gasteiger partial charge in [0.25, 0.3) is 0 Å². The Balaban J connectivity index is 1.41. The number of benzene rings is 1. The second kappa shape index (κ2) is 7.63. The Kier molecular flexibility index (Phi) is 5.08. The lowest BCUT2D eigenvalue weighted by Crippen LogP contribution is -2.34. The molecule has 1 N–H and O–H groups in total. The number of ether oxygens (including phenoxy) is 1. The van der Waals surface area contributed by atoms with Gasteiger partial charge in [0, 0.05) is 30.4 Å². The van der Waals surface area contributed by atoms with Gasteiger partial charge >= 0.3 is 6.03 Å². The molecule has 1 saturated carbocycles. The average molecular weight is 376 g/mol. The third kappa shape index (κ3) is 4.16. The maximum atomic E-state index is 12.7. The molecule has 4 rings (SSSR count). The smallest absolute Gasteiger partial charge is 0.322 e. The number of hydrogen-bond donors (Lipinski definition) is 1. The average Bonchev–Trinajstić information content (AvgIpc) is 3.42. The van der Waals surface area contributed by atoms with Gasteiger partial charge in [-0.2, -0.15) is 0 Å². The van der Waals surface area contributed by atoms with E-state index in [1.165, 1.54) is 12.8 Å². The van der Waals surface area contributed by atoms with Crippen LogP contribution in [0.25, 0.3) is 0 Å². The molecular formula is C18H22ClN5O2. The maximum absolute atomic E-state index is 12.7. The van der Waals surface area contributed by atoms with Gasteiger partial charge in [0.2, 0.25) is 0 Å². The van der Waals surface area contributed by atoms with E-state index in [9.17, 15) is 4.79 Å². The Bertz CT molecular complexity index is 772. The van der Waals surface area contributed by atoms with Crippen LogP contribution < -0.4 is 5.32 Å². The number of rotatable bonds is 5. The maximum Gasteiger partial charge on any atom is 0.322 e. The summed E-state index contributed by atoms with van der Waals surface area (Å²) in [6, 6.07) is 6.97. The highest BCUT2D eigenvalue weighted by atomic mass is 35.5. The highest BCUT2D eigenvalue weighted by Crippen LogP contribution is 2.29. The molecule has 0 atom stereocenters. The number of aromatic nitrogens is 3. The van der Waals surface area contributed by atoms with Gasteiger partial charge in [0.1, 0.15) is 5.69 Å². The highest BCUT2D eigenvalue weighted by molar-refractivity contribution is 6.30. The molecule has 2 heterocycles. The molecule has 8 heteroatoms. The molecule has 0 radical (unpaired) electrons. The minimum Gasteiger partial charge on any atom is -0.375 e. The van der Waals surface area contributed by atoms with Crippen LogP contribution in [0.5, 0.6) is 0 Å². The molecule has 0 spiro atoms. The molecule has 138 valence electrons. The second-order valence-electron chi connectivity index (χ2n) is 6.88. The number of anilines is 1. The van der Waals surface area contributed by atoms with Gasteiger partial charge in [-0.05, 0) is 49.4 Å². The predicted molar refractivity (Wildman–Crippen MR) is 97.9 cm³/mol. The number of carbonyl (C=O) groups is 1. The van der Waals surface area contributed by atoms with E-state index < -0.39 is 0 Å². The fraction of sp³-hybridized carbons (Fsp3) is 0.500. The van der Waals surface area contributed by atoms with Crippen molar-refractivity contribution in [1.82, 2.24) is 19.9 Å². The summed E-state index contributed by atoms with van der Waals surface area (Å²) < 4.78 is 7.66. The highest BCUT2D eigenvalue weighted by Gasteiger charge is 2.25. The van der Waals surface area contributed by atoms with Crippen molar-refractivity contribution < 1.29 is 9.53 Å². The molecular weight excluding hydrogens is 354 g/mol. The molecule has 7 nitrogen and oxygen atoms in total. The molecule has 2 amide bonds. The van der Waals surface area contributed by atoms with Crippen LogP contribution in [0.1, 0.15) is 30.7 Å². The van der Waals surface area contributed by atoms with Crippen molar-refractivity contribution in [3.63, 3.8) is 0 Å². The van der Waals surface area contributed by atoms with E-state index in [4.69, 9.17) is 16.3 Å². The van der Waals surface area contributed by atoms with Crippen molar-refractivity contribution in [1.29, 1.82) is 0 Å². The molecule has 0 saturated heterocycles. The van der Waals surface area contributed by atoms with Crippen LogP contribution in [0.4, 0.5) is 10.5 Å². The molecule has 26 heavy (non-hydrogen) atoms. The van der Waals surface area contributed by atoms with Crippen LogP contribution in [0.2, 0.25) is 5.02 Å². The lowest BCUT2D eigenvalue weighted by Gasteiger charge is -2.21. The SMILES string of the molecule is O=C(Nc1ccc(Cl)cc1)N1CCCn2nnc(COCC3CC3)c2C1. The van der Waals surface area contributed by atoms with Crippen molar-refractivity contribution in [2.75, 3.05) is 18.5 Å². The molecule has 1 fully saturated rings. The molecule has 1 aliphatic heterocycles. The van der Waals surface area contributed by atoms with E-state index in [-0.39, 0.29) is 6.03 Å². The van der Waals surface area contributed by atoms with E-state index in [2.05, 4.69) is 15.6 Å². The normalized spacial score (nSPS) is 16.9. The largest absolute Gasteiger partial charge is 0.375 e. The number of amides is 2. The van der Waals surface area contributed by atoms with Gasteiger partial charge in [-0.15, -0.1) is 5.10 Å². The zero-order valence-electron chi connectivity index (χ0n) is 14.5. The fourth-order valence-corrected chi connectivity index (χ4v) is 3.15. The number of halogens is 1. The number of carbonyl (C=O) groups excluding carboxylic acids is 1. The molecule has 1 aliphatic carbocycles. The summed E-state index contributed by atoms with van der Waals surface area (Å²) >= 11 is 5.89. The number of hydrogen-bond acceptors (Lipinski definition) is 4. The summed E-state index contributed by atoms with van der Waals surface area (Å²) in [5.41, 5.74) is 2.52. The molecule has 2 aromatic rings. The Morgan fingerprint density at radius 2 is 2.08 bits per heavy atom. The summed E-state index contributed by atoms with van der Waals surface area (Å²) in [6.45, 7) is 3.15. The Morgan fingerprint density at radius 1 is 1.27 bits per heavy atom. The van der Waals surface area contributed by atoms with E-state index in [0.29, 0.717) is 30.6 Å². The first-order valence-corrected chi connectivity index (χ1v) is 9.37. The van der Waals surface area contributed by atoms with Gasteiger partial charge in [-0.1, -0.05) is 16.8 Å². The van der Waals surface area contributed by atoms with Crippen molar-refractivity contribution in [2.45, 2.75) is 39.0 Å². The fourth-order valence-electron chi connectivity index (χ4n) is 3.02. The van der Waals surface area contributed by atoms with Crippen LogP contribution in [-0.4, -0.2) is 39.1 Å². The van der Waals surface area contributed by atoms with Crippen LogP contribution in [0, 0.1) is 5.92 Å². The summed E-state index contributed by atoms with van der Waals surface area (Å²) in [5, 5.41) is 12.1. The monoisotopic (exact) mass is 375 g/mol. The number of fused-ring (bicyclic) bond motifs is 1. The third-order valence-corrected chi connectivity index (χ3v) is 4.98. The van der Waals surface area contributed by atoms with Crippen LogP contribution in [0.3, 0.4) is 0 Å². The second-order valence-corrected chi connectivity index (χ2v) is 7.31. The number of nitrogens with zero attached hydrogens (tertiary/aromatic N) is 4. The first-order chi connectivity index (χ1) is 12.7. The predicted octanol–water partition coefficient (Wildman–Crippen LogP) is 3.30. The van der Waals surface area contributed by atoms with Crippen molar-refractivity contribution in [3.8, 4) is 0 Å². The van der Waals surface area contributed by atoms with E-state index in [1.807, 2.05) is 4.68 Å². The standard InChI is InChI=1S/C18H22ClN5O2/c19-14-4-6-15(7-5-14)20-18(25)23-8-1-9-24-17(10-23)16(21-22-24)12-26-11-13-2-3-13/h4-7,13H,1-3,8-12H2,(H,20,25). The minimum absolute atomic E-state index is 0.133. The lowest BCUT2D eigenvalue weighted by atomic mass is 10.3. The quantitative estimate of drug-likeness (QED) is 0.870. The first-order valence-electron chi connectivity index (χ1n) is 8.99. The zero-order chi connectivity index (χ0) is 17.9. The van der Waals surface area contributed by atoms with Crippen molar-refractivity contribution in [3.05, 3.63) is 40.7 Å². The topological polar surface area (TPSA) is 72.3 Å². The molecule has 0 unspecified atom stereocenters. The van der Waals surface area contributed by atoms with E-state index in [0.717, 1.165) is 36.6 Å². The summed E-state index contributed by atoms with van der Waals surface area (Å²) in [5.74, 6) is 0.714. The summed E-state index contributed by atoms with van der Waals surface area (Å²) in [6.07, 6.45) is 3.36.